The van der Waals surface area contributed by atoms with Gasteiger partial charge >= 0.3 is 0 Å². The minimum absolute atomic E-state index is 0.216. The molecule has 0 amide bonds. The molecule has 3 N–H and O–H groups in total. The summed E-state index contributed by atoms with van der Waals surface area (Å²) in [5.74, 6) is 0.216. The summed E-state index contributed by atoms with van der Waals surface area (Å²) in [5.41, 5.74) is 5.59. The van der Waals surface area contributed by atoms with E-state index >= 15 is 0 Å². The first-order valence-electron chi connectivity index (χ1n) is 10.3. The number of nitriles is 1. The number of hydrogen-bond acceptors (Lipinski definition) is 5. The van der Waals surface area contributed by atoms with Crippen LogP contribution in [0.25, 0.3) is 5.69 Å². The van der Waals surface area contributed by atoms with Crippen molar-refractivity contribution in [2.24, 2.45) is 0 Å². The summed E-state index contributed by atoms with van der Waals surface area (Å²) in [6.07, 6.45) is 5.29. The van der Waals surface area contributed by atoms with Gasteiger partial charge in [0.05, 0.1) is 17.3 Å². The summed E-state index contributed by atoms with van der Waals surface area (Å²) in [6, 6.07) is 17.0. The van der Waals surface area contributed by atoms with Crippen molar-refractivity contribution in [3.05, 3.63) is 94.0 Å². The predicted molar refractivity (Wildman–Crippen MR) is 117 cm³/mol. The van der Waals surface area contributed by atoms with E-state index in [0.717, 1.165) is 28.9 Å². The molecule has 0 aliphatic heterocycles. The normalized spacial score (nSPS) is 18.8. The van der Waals surface area contributed by atoms with Gasteiger partial charge in [-0.05, 0) is 44.0 Å². The van der Waals surface area contributed by atoms with Crippen LogP contribution in [0.3, 0.4) is 0 Å². The number of aromatic nitrogens is 2. The highest BCUT2D eigenvalue weighted by molar-refractivity contribution is 5.53. The van der Waals surface area contributed by atoms with Crippen molar-refractivity contribution in [3.63, 3.8) is 0 Å². The zero-order valence-corrected chi connectivity index (χ0v) is 17.5. The highest BCUT2D eigenvalue weighted by atomic mass is 16.8. The molecule has 3 atom stereocenters. The fourth-order valence-corrected chi connectivity index (χ4v) is 4.33. The molecule has 158 valence electrons. The van der Waals surface area contributed by atoms with Crippen molar-refractivity contribution in [3.8, 4) is 11.8 Å². The summed E-state index contributed by atoms with van der Waals surface area (Å²) in [6.45, 7) is 4.67. The maximum Gasteiger partial charge on any atom is 0.189 e. The van der Waals surface area contributed by atoms with E-state index in [0.29, 0.717) is 17.8 Å². The van der Waals surface area contributed by atoms with Crippen LogP contribution in [-0.4, -0.2) is 21.0 Å². The third-order valence-corrected chi connectivity index (χ3v) is 5.79. The number of benzene rings is 2. The Morgan fingerprint density at radius 2 is 2.03 bits per heavy atom. The molecule has 0 fully saturated rings. The van der Waals surface area contributed by atoms with Gasteiger partial charge in [0.25, 0.3) is 0 Å². The van der Waals surface area contributed by atoms with E-state index < -0.39 is 5.23 Å². The summed E-state index contributed by atoms with van der Waals surface area (Å²) >= 11 is 0. The van der Waals surface area contributed by atoms with Crippen molar-refractivity contribution in [1.82, 2.24) is 15.1 Å². The van der Waals surface area contributed by atoms with Crippen molar-refractivity contribution in [1.29, 1.82) is 5.26 Å². The lowest BCUT2D eigenvalue weighted by Gasteiger charge is -2.17. The lowest BCUT2D eigenvalue weighted by atomic mass is 9.96. The number of nitrogens with one attached hydrogen (secondary N) is 2. The molecule has 1 heterocycles. The Balaban J connectivity index is 1.50. The Labute approximate surface area is 181 Å². The van der Waals surface area contributed by atoms with Crippen LogP contribution in [0.5, 0.6) is 0 Å². The smallest absolute Gasteiger partial charge is 0.189 e. The van der Waals surface area contributed by atoms with Gasteiger partial charge in [-0.2, -0.15) is 15.6 Å². The van der Waals surface area contributed by atoms with Gasteiger partial charge < -0.3 is 10.5 Å². The third-order valence-electron chi connectivity index (χ3n) is 5.79. The molecular weight excluding hydrogens is 390 g/mol. The molecule has 1 aliphatic carbocycles. The van der Waals surface area contributed by atoms with E-state index in [1.54, 1.807) is 28.9 Å². The number of allylic oxidation sites excluding steroid dienone is 1. The molecule has 3 aromatic rings. The molecule has 3 unspecified atom stereocenters. The van der Waals surface area contributed by atoms with Crippen LogP contribution in [0.1, 0.15) is 40.4 Å². The molecule has 0 saturated heterocycles. The second-order valence-corrected chi connectivity index (χ2v) is 7.85. The van der Waals surface area contributed by atoms with Gasteiger partial charge in [-0.15, -0.1) is 0 Å². The summed E-state index contributed by atoms with van der Waals surface area (Å²) in [7, 11) is 0. The van der Waals surface area contributed by atoms with Gasteiger partial charge in [0.1, 0.15) is 5.69 Å². The lowest BCUT2D eigenvalue weighted by Crippen LogP contribution is -2.99. The van der Waals surface area contributed by atoms with E-state index in [1.165, 1.54) is 0 Å². The highest BCUT2D eigenvalue weighted by Crippen LogP contribution is 2.34. The standard InChI is InChI=1S/C24H25N5O2/c1-16-24(17(2)28(27-16)22-8-3-4-9-23(22)29(30)31)20-10-11-21(13-20)26-15-19-7-5-6-18(12-19)14-25/h3-12,20-21,26,29-30H,13,15H2,1-2H3. The lowest BCUT2D eigenvalue weighted by molar-refractivity contribution is -0.991. The molecule has 2 aromatic carbocycles. The van der Waals surface area contributed by atoms with E-state index in [9.17, 15) is 10.4 Å². The number of aryl methyl sites for hydroxylation is 1. The molecule has 0 spiro atoms. The molecule has 31 heavy (non-hydrogen) atoms. The molecule has 7 nitrogen and oxygen atoms in total. The number of hydrogen-bond donors (Lipinski definition) is 3. The Bertz CT molecular complexity index is 1160. The minimum Gasteiger partial charge on any atom is -0.595 e. The predicted octanol–water partition coefficient (Wildman–Crippen LogP) is 2.97. The van der Waals surface area contributed by atoms with E-state index in [4.69, 9.17) is 5.26 Å². The molecule has 1 aliphatic rings. The molecule has 0 radical (unpaired) electrons. The first-order valence-corrected chi connectivity index (χ1v) is 10.3. The van der Waals surface area contributed by atoms with Crippen LogP contribution >= 0.6 is 0 Å². The zero-order chi connectivity index (χ0) is 22.0. The Hall–Kier alpha value is -3.28. The maximum atomic E-state index is 11.6. The molecular formula is C24H25N5O2. The first kappa shape index (κ1) is 21.0. The number of rotatable bonds is 6. The minimum atomic E-state index is -0.963. The van der Waals surface area contributed by atoms with Crippen LogP contribution in [-0.2, 0) is 6.54 Å². The van der Waals surface area contributed by atoms with Crippen LogP contribution in [0.4, 0.5) is 5.69 Å². The van der Waals surface area contributed by atoms with Gasteiger partial charge in [0, 0.05) is 35.8 Å². The van der Waals surface area contributed by atoms with Gasteiger partial charge in [0.2, 0.25) is 0 Å². The average Bonchev–Trinajstić information content (AvgIpc) is 3.35. The summed E-state index contributed by atoms with van der Waals surface area (Å²) < 4.78 is 1.75. The zero-order valence-electron chi connectivity index (χ0n) is 17.5. The first-order chi connectivity index (χ1) is 15.0. The number of quaternary nitrogens is 1. The second kappa shape index (κ2) is 8.84. The van der Waals surface area contributed by atoms with Crippen molar-refractivity contribution in [2.45, 2.75) is 38.8 Å². The van der Waals surface area contributed by atoms with Gasteiger partial charge in [-0.25, -0.2) is 9.89 Å². The molecule has 0 bridgehead atoms. The molecule has 7 heteroatoms. The Morgan fingerprint density at radius 1 is 1.23 bits per heavy atom. The average molecular weight is 415 g/mol. The molecule has 4 rings (SSSR count). The van der Waals surface area contributed by atoms with Crippen molar-refractivity contribution >= 4 is 5.69 Å². The SMILES string of the molecule is Cc1nn(-c2ccccc2[NH+]([O-])O)c(C)c1C1C=CC(NCc2cccc(C#N)c2)C1. The highest BCUT2D eigenvalue weighted by Gasteiger charge is 2.27. The topological polar surface area (TPSA) is 101 Å². The van der Waals surface area contributed by atoms with Crippen molar-refractivity contribution < 1.29 is 10.4 Å². The fraction of sp³-hybridized carbons (Fsp3) is 0.250. The van der Waals surface area contributed by atoms with Crippen LogP contribution < -0.4 is 10.5 Å². The third kappa shape index (κ3) is 4.29. The number of para-hydroxylation sites is 2. The van der Waals surface area contributed by atoms with Gasteiger partial charge in [-0.3, -0.25) is 0 Å². The van der Waals surface area contributed by atoms with Crippen LogP contribution in [0.2, 0.25) is 0 Å². The van der Waals surface area contributed by atoms with Crippen LogP contribution in [0.15, 0.2) is 60.7 Å². The van der Waals surface area contributed by atoms with Gasteiger partial charge in [0.15, 0.2) is 5.69 Å². The Kier molecular flexibility index (Phi) is 5.98. The molecule has 0 saturated carbocycles. The number of nitrogens with zero attached hydrogens (tertiary/aromatic N) is 3. The summed E-state index contributed by atoms with van der Waals surface area (Å²) in [5, 5.41) is 37.5. The Morgan fingerprint density at radius 3 is 2.81 bits per heavy atom. The van der Waals surface area contributed by atoms with Crippen LogP contribution in [0, 0.1) is 30.4 Å². The van der Waals surface area contributed by atoms with E-state index in [1.807, 2.05) is 38.1 Å². The van der Waals surface area contributed by atoms with Gasteiger partial charge in [-0.1, -0.05) is 36.4 Å². The largest absolute Gasteiger partial charge is 0.595 e. The summed E-state index contributed by atoms with van der Waals surface area (Å²) in [4.78, 5) is 0. The quantitative estimate of drug-likeness (QED) is 0.424. The fourth-order valence-electron chi connectivity index (χ4n) is 4.33. The monoisotopic (exact) mass is 415 g/mol. The van der Waals surface area contributed by atoms with Crippen molar-refractivity contribution in [2.75, 3.05) is 0 Å². The molecule has 1 aromatic heterocycles. The van der Waals surface area contributed by atoms with E-state index in [2.05, 4.69) is 28.6 Å². The van der Waals surface area contributed by atoms with E-state index in [-0.39, 0.29) is 17.6 Å². The maximum absolute atomic E-state index is 11.6. The second-order valence-electron chi connectivity index (χ2n) is 7.85.